The van der Waals surface area contributed by atoms with Gasteiger partial charge in [-0.05, 0) is 17.4 Å². The zero-order valence-corrected chi connectivity index (χ0v) is 14.8. The van der Waals surface area contributed by atoms with Gasteiger partial charge in [-0.15, -0.1) is 0 Å². The van der Waals surface area contributed by atoms with E-state index in [4.69, 9.17) is 4.18 Å². The average molecular weight is 361 g/mol. The summed E-state index contributed by atoms with van der Waals surface area (Å²) in [5, 5.41) is 9.32. The van der Waals surface area contributed by atoms with E-state index in [2.05, 4.69) is 0 Å². The number of halogens is 2. The molecule has 2 rings (SSSR count). The molecule has 3 atom stereocenters. The largest absolute Gasteiger partial charge is 0.464 e. The van der Waals surface area contributed by atoms with E-state index in [-0.39, 0.29) is 12.0 Å². The molecule has 1 saturated heterocycles. The molecule has 0 aliphatic carbocycles. The lowest BCUT2D eigenvalue weighted by Crippen LogP contribution is -2.45. The van der Waals surface area contributed by atoms with Crippen LogP contribution in [0.3, 0.4) is 0 Å². The van der Waals surface area contributed by atoms with Gasteiger partial charge in [-0.25, -0.2) is 17.8 Å². The van der Waals surface area contributed by atoms with Gasteiger partial charge >= 0.3 is 6.09 Å². The summed E-state index contributed by atoms with van der Waals surface area (Å²) in [6, 6.07) is 5.05. The summed E-state index contributed by atoms with van der Waals surface area (Å²) in [4.78, 5) is 11.4. The topological polar surface area (TPSA) is 66.8 Å². The molecular weight excluding hydrogens is 340 g/mol. The molecule has 0 bridgehead atoms. The smallest absolute Gasteiger partial charge is 0.421 e. The summed E-state index contributed by atoms with van der Waals surface area (Å²) in [5.74, 6) is -2.93. The lowest BCUT2D eigenvalue weighted by atomic mass is 9.82. The first-order valence-corrected chi connectivity index (χ1v) is 8.53. The van der Waals surface area contributed by atoms with E-state index in [1.54, 1.807) is 0 Å². The Labute approximate surface area is 142 Å². The van der Waals surface area contributed by atoms with Gasteiger partial charge < -0.3 is 5.11 Å². The fourth-order valence-electron chi connectivity index (χ4n) is 2.72. The number of carbonyl (C=O) groups is 1. The minimum absolute atomic E-state index is 0.111. The Hall–Kier alpha value is -1.54. The predicted octanol–water partition coefficient (Wildman–Crippen LogP) is 3.71. The SMILES string of the molecule is CC(F)(F)c1ccc(C[C@@H]2[C@H](C(C)(C)C)O[S@](=O)N2C(=O)O)cc1. The Morgan fingerprint density at radius 3 is 2.21 bits per heavy atom. The van der Waals surface area contributed by atoms with E-state index in [1.165, 1.54) is 24.3 Å². The molecule has 134 valence electrons. The molecule has 24 heavy (non-hydrogen) atoms. The molecule has 0 aromatic heterocycles. The van der Waals surface area contributed by atoms with Gasteiger partial charge in [-0.2, -0.15) is 4.31 Å². The molecule has 1 amide bonds. The summed E-state index contributed by atoms with van der Waals surface area (Å²) in [6.07, 6.45) is -1.67. The van der Waals surface area contributed by atoms with Crippen LogP contribution in [-0.2, 0) is 27.8 Å². The first-order valence-electron chi connectivity index (χ1n) is 7.49. The van der Waals surface area contributed by atoms with Crippen molar-refractivity contribution in [3.05, 3.63) is 35.4 Å². The number of alkyl halides is 2. The first-order chi connectivity index (χ1) is 10.9. The zero-order valence-electron chi connectivity index (χ0n) is 14.0. The lowest BCUT2D eigenvalue weighted by Gasteiger charge is -2.30. The third-order valence-corrected chi connectivity index (χ3v) is 5.07. The Bertz CT molecular complexity index is 637. The number of amides is 1. The molecule has 0 unspecified atom stereocenters. The monoisotopic (exact) mass is 361 g/mol. The highest BCUT2D eigenvalue weighted by molar-refractivity contribution is 7.78. The molecule has 0 saturated carbocycles. The molecule has 1 heterocycles. The van der Waals surface area contributed by atoms with Crippen molar-refractivity contribution in [2.45, 2.75) is 52.2 Å². The van der Waals surface area contributed by atoms with E-state index in [9.17, 15) is 22.9 Å². The number of hydrogen-bond acceptors (Lipinski definition) is 3. The van der Waals surface area contributed by atoms with E-state index in [0.717, 1.165) is 11.2 Å². The summed E-state index contributed by atoms with van der Waals surface area (Å²) in [6.45, 7) is 6.42. The van der Waals surface area contributed by atoms with Crippen molar-refractivity contribution in [2.24, 2.45) is 5.41 Å². The number of nitrogens with zero attached hydrogens (tertiary/aromatic N) is 1. The van der Waals surface area contributed by atoms with Gasteiger partial charge in [0.15, 0.2) is 0 Å². The van der Waals surface area contributed by atoms with E-state index in [1.807, 2.05) is 20.8 Å². The normalized spacial score (nSPS) is 25.1. The summed E-state index contributed by atoms with van der Waals surface area (Å²) in [5.41, 5.74) is 0.136. The lowest BCUT2D eigenvalue weighted by molar-refractivity contribution is 0.0174. The minimum Gasteiger partial charge on any atom is -0.464 e. The van der Waals surface area contributed by atoms with Crippen molar-refractivity contribution in [3.8, 4) is 0 Å². The molecule has 0 radical (unpaired) electrons. The molecule has 5 nitrogen and oxygen atoms in total. The summed E-state index contributed by atoms with van der Waals surface area (Å²) >= 11 is -2.08. The molecular formula is C16H21F2NO4S. The van der Waals surface area contributed by atoms with Gasteiger partial charge in [0.1, 0.15) is 6.10 Å². The molecule has 1 N–H and O–H groups in total. The van der Waals surface area contributed by atoms with Crippen molar-refractivity contribution in [1.29, 1.82) is 0 Å². The zero-order chi connectivity index (χ0) is 18.3. The quantitative estimate of drug-likeness (QED) is 0.891. The van der Waals surface area contributed by atoms with Crippen LogP contribution in [0.15, 0.2) is 24.3 Å². The average Bonchev–Trinajstić information content (AvgIpc) is 2.75. The van der Waals surface area contributed by atoms with Crippen molar-refractivity contribution < 1.29 is 27.1 Å². The Morgan fingerprint density at radius 1 is 1.25 bits per heavy atom. The van der Waals surface area contributed by atoms with Crippen LogP contribution in [0.25, 0.3) is 0 Å². The molecule has 1 aliphatic rings. The second-order valence-electron chi connectivity index (χ2n) is 7.07. The van der Waals surface area contributed by atoms with Crippen molar-refractivity contribution >= 4 is 17.4 Å². The van der Waals surface area contributed by atoms with Crippen LogP contribution in [0.1, 0.15) is 38.8 Å². The number of rotatable bonds is 3. The van der Waals surface area contributed by atoms with E-state index >= 15 is 0 Å². The van der Waals surface area contributed by atoms with Crippen molar-refractivity contribution in [1.82, 2.24) is 4.31 Å². The predicted molar refractivity (Wildman–Crippen MR) is 85.8 cm³/mol. The van der Waals surface area contributed by atoms with Gasteiger partial charge in [0, 0.05) is 12.5 Å². The van der Waals surface area contributed by atoms with Crippen LogP contribution < -0.4 is 0 Å². The maximum atomic E-state index is 13.3. The first kappa shape index (κ1) is 18.8. The van der Waals surface area contributed by atoms with Crippen LogP contribution in [-0.4, -0.2) is 31.9 Å². The van der Waals surface area contributed by atoms with E-state index < -0.39 is 40.8 Å². The van der Waals surface area contributed by atoms with Crippen LogP contribution in [0.4, 0.5) is 13.6 Å². The van der Waals surface area contributed by atoms with Crippen LogP contribution in [0.5, 0.6) is 0 Å². The Balaban J connectivity index is 2.29. The number of carboxylic acid groups (broad SMARTS) is 1. The van der Waals surface area contributed by atoms with Gasteiger partial charge in [0.2, 0.25) is 0 Å². The highest BCUT2D eigenvalue weighted by atomic mass is 32.2. The fraction of sp³-hybridized carbons (Fsp3) is 0.562. The van der Waals surface area contributed by atoms with Crippen LogP contribution >= 0.6 is 0 Å². The number of benzene rings is 1. The summed E-state index contributed by atoms with van der Waals surface area (Å²) in [7, 11) is 0. The van der Waals surface area contributed by atoms with Crippen LogP contribution in [0.2, 0.25) is 0 Å². The van der Waals surface area contributed by atoms with Gasteiger partial charge in [-0.3, -0.25) is 4.18 Å². The van der Waals surface area contributed by atoms with Gasteiger partial charge in [-0.1, -0.05) is 45.0 Å². The standard InChI is InChI=1S/C16H21F2NO4S/c1-15(2,3)13-12(19(14(20)21)24(22)23-13)9-10-5-7-11(8-6-10)16(4,17)18/h5-8,12-13H,9H2,1-4H3,(H,20,21)/t12-,13-,24+/m1/s1. The molecule has 1 aromatic rings. The second kappa shape index (κ2) is 6.40. The van der Waals surface area contributed by atoms with Crippen molar-refractivity contribution in [3.63, 3.8) is 0 Å². The van der Waals surface area contributed by atoms with E-state index in [0.29, 0.717) is 5.56 Å². The molecule has 0 spiro atoms. The third kappa shape index (κ3) is 3.92. The fourth-order valence-corrected chi connectivity index (χ4v) is 3.95. The van der Waals surface area contributed by atoms with Crippen molar-refractivity contribution in [2.75, 3.05) is 0 Å². The highest BCUT2D eigenvalue weighted by Gasteiger charge is 2.49. The second-order valence-corrected chi connectivity index (χ2v) is 8.09. The third-order valence-electron chi connectivity index (χ3n) is 3.95. The number of hydrogen-bond donors (Lipinski definition) is 1. The van der Waals surface area contributed by atoms with Gasteiger partial charge in [0.05, 0.1) is 6.04 Å². The highest BCUT2D eigenvalue weighted by Crippen LogP contribution is 2.36. The van der Waals surface area contributed by atoms with Crippen LogP contribution in [0, 0.1) is 5.41 Å². The maximum Gasteiger partial charge on any atom is 0.421 e. The molecule has 1 aliphatic heterocycles. The molecule has 8 heteroatoms. The Morgan fingerprint density at radius 2 is 1.79 bits per heavy atom. The molecule has 1 aromatic carbocycles. The maximum absolute atomic E-state index is 13.3. The molecule has 1 fully saturated rings. The Kier molecular flexibility index (Phi) is 5.01. The summed E-state index contributed by atoms with van der Waals surface area (Å²) < 4.78 is 44.7. The van der Waals surface area contributed by atoms with Gasteiger partial charge in [0.25, 0.3) is 17.2 Å². The minimum atomic E-state index is -2.93.